The molecule has 0 bridgehead atoms. The van der Waals surface area contributed by atoms with Crippen LogP contribution in [0.2, 0.25) is 5.02 Å². The van der Waals surface area contributed by atoms with Crippen LogP contribution < -0.4 is 5.32 Å². The van der Waals surface area contributed by atoms with Gasteiger partial charge in [-0.2, -0.15) is 0 Å². The van der Waals surface area contributed by atoms with Crippen molar-refractivity contribution in [1.82, 2.24) is 0 Å². The van der Waals surface area contributed by atoms with E-state index in [9.17, 15) is 9.18 Å². The van der Waals surface area contributed by atoms with Crippen molar-refractivity contribution in [2.24, 2.45) is 0 Å². The van der Waals surface area contributed by atoms with Crippen molar-refractivity contribution < 1.29 is 9.18 Å². The first-order valence-corrected chi connectivity index (χ1v) is 6.02. The van der Waals surface area contributed by atoms with Crippen molar-refractivity contribution in [1.29, 1.82) is 0 Å². The maximum absolute atomic E-state index is 13.7. The Morgan fingerprint density at radius 1 is 1.05 bits per heavy atom. The third kappa shape index (κ3) is 3.93. The van der Waals surface area contributed by atoms with E-state index < -0.39 is 11.7 Å². The molecule has 0 saturated heterocycles. The molecule has 2 nitrogen and oxygen atoms in total. The van der Waals surface area contributed by atoms with Gasteiger partial charge in [0.2, 0.25) is 0 Å². The van der Waals surface area contributed by atoms with Crippen LogP contribution in [-0.2, 0) is 4.79 Å². The van der Waals surface area contributed by atoms with Crippen LogP contribution in [0.15, 0.2) is 60.4 Å². The van der Waals surface area contributed by atoms with Crippen LogP contribution in [0.25, 0.3) is 6.08 Å². The molecular weight excluding hydrogens is 265 g/mol. The van der Waals surface area contributed by atoms with Gasteiger partial charge in [-0.25, -0.2) is 4.39 Å². The van der Waals surface area contributed by atoms with E-state index in [4.69, 9.17) is 11.6 Å². The summed E-state index contributed by atoms with van der Waals surface area (Å²) in [6, 6.07) is 15.3. The number of hydrogen-bond donors (Lipinski definition) is 1. The highest BCUT2D eigenvalue weighted by molar-refractivity contribution is 6.30. The summed E-state index contributed by atoms with van der Waals surface area (Å²) in [5.41, 5.74) is 1.12. The average Bonchev–Trinajstić information content (AvgIpc) is 2.42. The van der Waals surface area contributed by atoms with Crippen molar-refractivity contribution in [3.8, 4) is 0 Å². The lowest BCUT2D eigenvalue weighted by Gasteiger charge is -2.02. The van der Waals surface area contributed by atoms with E-state index in [2.05, 4.69) is 5.32 Å². The zero-order valence-electron chi connectivity index (χ0n) is 9.94. The predicted molar refractivity (Wildman–Crippen MR) is 75.6 cm³/mol. The fourth-order valence-electron chi connectivity index (χ4n) is 1.48. The van der Waals surface area contributed by atoms with E-state index in [0.717, 1.165) is 6.08 Å². The molecule has 0 aliphatic rings. The lowest BCUT2D eigenvalue weighted by molar-refractivity contribution is -0.114. The van der Waals surface area contributed by atoms with E-state index in [1.54, 1.807) is 48.5 Å². The quantitative estimate of drug-likeness (QED) is 0.832. The fourth-order valence-corrected chi connectivity index (χ4v) is 1.61. The molecule has 0 aliphatic heterocycles. The van der Waals surface area contributed by atoms with E-state index in [0.29, 0.717) is 16.3 Å². The van der Waals surface area contributed by atoms with Crippen LogP contribution in [0, 0.1) is 0 Å². The van der Waals surface area contributed by atoms with Gasteiger partial charge in [0.25, 0.3) is 5.91 Å². The third-order valence-corrected chi connectivity index (χ3v) is 2.66. The number of nitrogens with one attached hydrogen (secondary N) is 1. The summed E-state index contributed by atoms with van der Waals surface area (Å²) in [6.07, 6.45) is 1.16. The minimum atomic E-state index is -0.855. The first-order chi connectivity index (χ1) is 9.15. The van der Waals surface area contributed by atoms with Crippen LogP contribution >= 0.6 is 11.6 Å². The molecule has 4 heteroatoms. The topological polar surface area (TPSA) is 29.1 Å². The largest absolute Gasteiger partial charge is 0.320 e. The highest BCUT2D eigenvalue weighted by atomic mass is 35.5. The number of para-hydroxylation sites is 1. The number of carbonyl (C=O) groups is 1. The van der Waals surface area contributed by atoms with Crippen molar-refractivity contribution in [2.75, 3.05) is 5.32 Å². The van der Waals surface area contributed by atoms with Crippen LogP contribution in [0.1, 0.15) is 5.56 Å². The maximum Gasteiger partial charge on any atom is 0.284 e. The van der Waals surface area contributed by atoms with Gasteiger partial charge in [0.1, 0.15) is 0 Å². The number of rotatable bonds is 3. The molecule has 1 N–H and O–H groups in total. The molecule has 96 valence electrons. The van der Waals surface area contributed by atoms with E-state index >= 15 is 0 Å². The first-order valence-electron chi connectivity index (χ1n) is 5.64. The van der Waals surface area contributed by atoms with Gasteiger partial charge in [-0.05, 0) is 35.9 Å². The number of carbonyl (C=O) groups excluding carboxylic acids is 1. The predicted octanol–water partition coefficient (Wildman–Crippen LogP) is 4.29. The maximum atomic E-state index is 13.7. The lowest BCUT2D eigenvalue weighted by Crippen LogP contribution is -2.11. The van der Waals surface area contributed by atoms with Crippen LogP contribution in [-0.4, -0.2) is 5.91 Å². The minimum absolute atomic E-state index is 0.548. The SMILES string of the molecule is O=C(Nc1ccccc1)/C(F)=C/c1ccc(Cl)cc1. The number of hydrogen-bond acceptors (Lipinski definition) is 1. The number of amides is 1. The second-order valence-electron chi connectivity index (χ2n) is 3.86. The molecule has 1 amide bonds. The van der Waals surface area contributed by atoms with Gasteiger partial charge >= 0.3 is 0 Å². The molecule has 0 spiro atoms. The Kier molecular flexibility index (Phi) is 4.31. The highest BCUT2D eigenvalue weighted by Crippen LogP contribution is 2.14. The van der Waals surface area contributed by atoms with Gasteiger partial charge in [-0.1, -0.05) is 41.9 Å². The number of benzene rings is 2. The minimum Gasteiger partial charge on any atom is -0.320 e. The van der Waals surface area contributed by atoms with Crippen molar-refractivity contribution >= 4 is 29.3 Å². The van der Waals surface area contributed by atoms with E-state index in [-0.39, 0.29) is 0 Å². The highest BCUT2D eigenvalue weighted by Gasteiger charge is 2.08. The molecule has 0 saturated carbocycles. The summed E-state index contributed by atoms with van der Waals surface area (Å²) in [6.45, 7) is 0. The summed E-state index contributed by atoms with van der Waals surface area (Å²) >= 11 is 5.72. The monoisotopic (exact) mass is 275 g/mol. The second-order valence-corrected chi connectivity index (χ2v) is 4.30. The van der Waals surface area contributed by atoms with Crippen LogP contribution in [0.4, 0.5) is 10.1 Å². The average molecular weight is 276 g/mol. The Morgan fingerprint density at radius 3 is 2.32 bits per heavy atom. The Balaban J connectivity index is 2.08. The summed E-state index contributed by atoms with van der Waals surface area (Å²) in [7, 11) is 0. The fraction of sp³-hybridized carbons (Fsp3) is 0. The molecule has 0 fully saturated rings. The van der Waals surface area contributed by atoms with Crippen molar-refractivity contribution in [3.63, 3.8) is 0 Å². The molecule has 0 unspecified atom stereocenters. The number of halogens is 2. The molecule has 0 aromatic heterocycles. The molecule has 2 rings (SSSR count). The normalized spacial score (nSPS) is 11.2. The second kappa shape index (κ2) is 6.16. The molecular formula is C15H11ClFNO. The Bertz CT molecular complexity index is 593. The molecule has 2 aromatic rings. The molecule has 2 aromatic carbocycles. The third-order valence-electron chi connectivity index (χ3n) is 2.41. The van der Waals surface area contributed by atoms with Crippen molar-refractivity contribution in [2.45, 2.75) is 0 Å². The zero-order chi connectivity index (χ0) is 13.7. The first kappa shape index (κ1) is 13.3. The Hall–Kier alpha value is -2.13. The smallest absolute Gasteiger partial charge is 0.284 e. The standard InChI is InChI=1S/C15H11ClFNO/c16-12-8-6-11(7-9-12)10-14(17)15(19)18-13-4-2-1-3-5-13/h1-10H,(H,18,19)/b14-10-. The van der Waals surface area contributed by atoms with Gasteiger partial charge in [-0.3, -0.25) is 4.79 Å². The summed E-state index contributed by atoms with van der Waals surface area (Å²) < 4.78 is 13.7. The Labute approximate surface area is 115 Å². The molecule has 0 atom stereocenters. The molecule has 0 aliphatic carbocycles. The molecule has 0 heterocycles. The van der Waals surface area contributed by atoms with Crippen LogP contribution in [0.3, 0.4) is 0 Å². The summed E-state index contributed by atoms with van der Waals surface area (Å²) in [5.74, 6) is -1.63. The van der Waals surface area contributed by atoms with Gasteiger partial charge in [0.05, 0.1) is 0 Å². The van der Waals surface area contributed by atoms with E-state index in [1.807, 2.05) is 6.07 Å². The molecule has 0 radical (unpaired) electrons. The van der Waals surface area contributed by atoms with Gasteiger partial charge < -0.3 is 5.32 Å². The summed E-state index contributed by atoms with van der Waals surface area (Å²) in [5, 5.41) is 3.03. The summed E-state index contributed by atoms with van der Waals surface area (Å²) in [4.78, 5) is 11.6. The lowest BCUT2D eigenvalue weighted by atomic mass is 10.2. The van der Waals surface area contributed by atoms with Gasteiger partial charge in [0, 0.05) is 10.7 Å². The van der Waals surface area contributed by atoms with Crippen LogP contribution in [0.5, 0.6) is 0 Å². The van der Waals surface area contributed by atoms with Crippen molar-refractivity contribution in [3.05, 3.63) is 71.0 Å². The van der Waals surface area contributed by atoms with Gasteiger partial charge in [-0.15, -0.1) is 0 Å². The Morgan fingerprint density at radius 2 is 1.68 bits per heavy atom. The van der Waals surface area contributed by atoms with Gasteiger partial charge in [0.15, 0.2) is 5.83 Å². The molecule has 19 heavy (non-hydrogen) atoms. The zero-order valence-corrected chi connectivity index (χ0v) is 10.7. The number of anilines is 1. The van der Waals surface area contributed by atoms with E-state index in [1.165, 1.54) is 0 Å².